The van der Waals surface area contributed by atoms with Gasteiger partial charge in [-0.25, -0.2) is 4.98 Å². The number of carboxylic acids is 1. The summed E-state index contributed by atoms with van der Waals surface area (Å²) in [5.41, 5.74) is 1.06. The van der Waals surface area contributed by atoms with Crippen LogP contribution < -0.4 is 0 Å². The Labute approximate surface area is 135 Å². The number of aliphatic carboxylic acids is 1. The molecule has 2 aromatic heterocycles. The molecule has 6 heteroatoms. The number of para-hydroxylation sites is 1. The Morgan fingerprint density at radius 3 is 2.30 bits per heavy atom. The Hall–Kier alpha value is -2.73. The summed E-state index contributed by atoms with van der Waals surface area (Å²) in [5, 5.41) is 9.51. The van der Waals surface area contributed by atoms with E-state index in [4.69, 9.17) is 5.11 Å². The molecule has 0 spiro atoms. The van der Waals surface area contributed by atoms with E-state index in [9.17, 15) is 4.79 Å². The number of nitrogens with one attached hydrogen (secondary N) is 1. The molecule has 0 saturated carbocycles. The van der Waals surface area contributed by atoms with E-state index in [0.29, 0.717) is 0 Å². The molecule has 3 aromatic rings. The fourth-order valence-corrected chi connectivity index (χ4v) is 1.45. The lowest BCUT2D eigenvalue weighted by molar-refractivity contribution is -0.141. The highest BCUT2D eigenvalue weighted by Crippen LogP contribution is 2.07. The van der Waals surface area contributed by atoms with Crippen molar-refractivity contribution in [1.29, 1.82) is 0 Å². The first-order valence-electron chi connectivity index (χ1n) is 7.14. The molecule has 0 aliphatic carbocycles. The summed E-state index contributed by atoms with van der Waals surface area (Å²) in [7, 11) is 3.47. The zero-order valence-electron chi connectivity index (χ0n) is 13.5. The first-order chi connectivity index (χ1) is 11.0. The Morgan fingerprint density at radius 1 is 1.17 bits per heavy atom. The van der Waals surface area contributed by atoms with Gasteiger partial charge in [-0.05, 0) is 33.2 Å². The predicted octanol–water partition coefficient (Wildman–Crippen LogP) is 2.67. The summed E-state index contributed by atoms with van der Waals surface area (Å²) in [6, 6.07) is 11.7. The number of likely N-dealkylation sites (N-methyl/N-ethyl adjacent to an activating group) is 1. The second-order valence-electron chi connectivity index (χ2n) is 4.93. The van der Waals surface area contributed by atoms with E-state index in [1.807, 2.05) is 30.5 Å². The molecule has 0 amide bonds. The molecule has 0 fully saturated rings. The minimum atomic E-state index is -0.782. The molecule has 1 atom stereocenters. The minimum absolute atomic E-state index is 0.380. The molecule has 23 heavy (non-hydrogen) atoms. The van der Waals surface area contributed by atoms with Crippen molar-refractivity contribution in [3.05, 3.63) is 61.3 Å². The average Bonchev–Trinajstić information content (AvgIpc) is 3.14. The van der Waals surface area contributed by atoms with E-state index in [1.165, 1.54) is 5.39 Å². The van der Waals surface area contributed by atoms with Gasteiger partial charge in [0, 0.05) is 24.0 Å². The fraction of sp³-hybridized carbons (Fsp3) is 0.235. The second kappa shape index (κ2) is 10.1. The number of H-pyrrole nitrogens is 1. The van der Waals surface area contributed by atoms with Crippen LogP contribution in [0.3, 0.4) is 0 Å². The SMILES string of the molecule is CC(C(=O)O)N(C)C.c1c[nH]cn1.c1ccc2ncccc2c1. The van der Waals surface area contributed by atoms with Gasteiger partial charge in [-0.3, -0.25) is 14.7 Å². The quantitative estimate of drug-likeness (QED) is 0.760. The van der Waals surface area contributed by atoms with Crippen LogP contribution >= 0.6 is 0 Å². The van der Waals surface area contributed by atoms with Gasteiger partial charge in [-0.2, -0.15) is 0 Å². The molecule has 122 valence electrons. The lowest BCUT2D eigenvalue weighted by Crippen LogP contribution is -2.32. The number of imidazole rings is 1. The molecule has 0 aliphatic rings. The summed E-state index contributed by atoms with van der Waals surface area (Å²) >= 11 is 0. The van der Waals surface area contributed by atoms with Crippen molar-refractivity contribution in [1.82, 2.24) is 19.9 Å². The molecule has 1 aromatic carbocycles. The number of carboxylic acid groups (broad SMARTS) is 1. The molecular formula is C17H22N4O2. The van der Waals surface area contributed by atoms with Crippen molar-refractivity contribution in [3.8, 4) is 0 Å². The van der Waals surface area contributed by atoms with Crippen molar-refractivity contribution in [2.45, 2.75) is 13.0 Å². The van der Waals surface area contributed by atoms with Crippen molar-refractivity contribution >= 4 is 16.9 Å². The van der Waals surface area contributed by atoms with Crippen molar-refractivity contribution < 1.29 is 9.90 Å². The molecule has 6 nitrogen and oxygen atoms in total. The molecule has 3 rings (SSSR count). The number of benzene rings is 1. The Balaban J connectivity index is 0.000000183. The van der Waals surface area contributed by atoms with Gasteiger partial charge in [-0.15, -0.1) is 0 Å². The van der Waals surface area contributed by atoms with Crippen molar-refractivity contribution in [3.63, 3.8) is 0 Å². The lowest BCUT2D eigenvalue weighted by Gasteiger charge is -2.13. The highest BCUT2D eigenvalue weighted by Gasteiger charge is 2.11. The molecule has 2 heterocycles. The first-order valence-corrected chi connectivity index (χ1v) is 7.14. The third-order valence-corrected chi connectivity index (χ3v) is 3.05. The number of rotatable bonds is 2. The number of nitrogens with zero attached hydrogens (tertiary/aromatic N) is 3. The molecule has 1 unspecified atom stereocenters. The lowest BCUT2D eigenvalue weighted by atomic mass is 10.2. The predicted molar refractivity (Wildman–Crippen MR) is 91.1 cm³/mol. The second-order valence-corrected chi connectivity index (χ2v) is 4.93. The maximum absolute atomic E-state index is 10.1. The average molecular weight is 314 g/mol. The summed E-state index contributed by atoms with van der Waals surface area (Å²) in [5.74, 6) is -0.782. The highest BCUT2D eigenvalue weighted by atomic mass is 16.4. The van der Waals surface area contributed by atoms with Crippen LogP contribution in [-0.2, 0) is 4.79 Å². The van der Waals surface area contributed by atoms with Crippen LogP contribution in [0.25, 0.3) is 10.9 Å². The van der Waals surface area contributed by atoms with Gasteiger partial charge in [0.1, 0.15) is 6.04 Å². The van der Waals surface area contributed by atoms with Crippen molar-refractivity contribution in [2.24, 2.45) is 0 Å². The van der Waals surface area contributed by atoms with Gasteiger partial charge in [0.15, 0.2) is 0 Å². The summed E-state index contributed by atoms with van der Waals surface area (Å²) < 4.78 is 0. The number of aromatic amines is 1. The van der Waals surface area contributed by atoms with Gasteiger partial charge >= 0.3 is 5.97 Å². The van der Waals surface area contributed by atoms with Crippen LogP contribution in [0.1, 0.15) is 6.92 Å². The summed E-state index contributed by atoms with van der Waals surface area (Å²) in [6.07, 6.45) is 6.89. The maximum atomic E-state index is 10.1. The smallest absolute Gasteiger partial charge is 0.320 e. The van der Waals surface area contributed by atoms with Crippen molar-refractivity contribution in [2.75, 3.05) is 14.1 Å². The number of hydrogen-bond acceptors (Lipinski definition) is 4. The van der Waals surface area contributed by atoms with E-state index >= 15 is 0 Å². The van der Waals surface area contributed by atoms with Gasteiger partial charge in [-0.1, -0.05) is 24.3 Å². The number of aromatic nitrogens is 3. The first kappa shape index (κ1) is 18.3. The summed E-state index contributed by atoms with van der Waals surface area (Å²) in [6.45, 7) is 1.64. The molecule has 0 aliphatic heterocycles. The van der Waals surface area contributed by atoms with Crippen LogP contribution in [0, 0.1) is 0 Å². The van der Waals surface area contributed by atoms with Gasteiger partial charge < -0.3 is 10.1 Å². The minimum Gasteiger partial charge on any atom is -0.480 e. The van der Waals surface area contributed by atoms with E-state index < -0.39 is 5.97 Å². The van der Waals surface area contributed by atoms with E-state index in [-0.39, 0.29) is 6.04 Å². The van der Waals surface area contributed by atoms with Crippen LogP contribution in [-0.4, -0.2) is 51.1 Å². The van der Waals surface area contributed by atoms with Crippen LogP contribution in [0.5, 0.6) is 0 Å². The monoisotopic (exact) mass is 314 g/mol. The van der Waals surface area contributed by atoms with Crippen LogP contribution in [0.4, 0.5) is 0 Å². The Bertz CT molecular complexity index is 601. The highest BCUT2D eigenvalue weighted by molar-refractivity contribution is 5.77. The van der Waals surface area contributed by atoms with Gasteiger partial charge in [0.2, 0.25) is 0 Å². The number of pyridine rings is 1. The fourth-order valence-electron chi connectivity index (χ4n) is 1.45. The molecule has 0 saturated heterocycles. The molecular weight excluding hydrogens is 292 g/mol. The number of carbonyl (C=O) groups is 1. The van der Waals surface area contributed by atoms with Crippen LogP contribution in [0.2, 0.25) is 0 Å². The normalized spacial score (nSPS) is 11.0. The topological polar surface area (TPSA) is 82.1 Å². The van der Waals surface area contributed by atoms with E-state index in [1.54, 1.807) is 44.6 Å². The Kier molecular flexibility index (Phi) is 8.02. The third-order valence-electron chi connectivity index (χ3n) is 3.05. The standard InChI is InChI=1S/C9H7N.C5H11NO2.C3H4N2/c1-2-6-9-8(4-1)5-3-7-10-9;1-4(5(7)8)6(2)3;1-2-5-3-4-1/h1-7H;4H,1-3H3,(H,7,8);1-3H,(H,4,5). The van der Waals surface area contributed by atoms with Crippen LogP contribution in [0.15, 0.2) is 61.3 Å². The molecule has 0 radical (unpaired) electrons. The maximum Gasteiger partial charge on any atom is 0.320 e. The zero-order chi connectivity index (χ0) is 17.1. The zero-order valence-corrected chi connectivity index (χ0v) is 13.5. The third kappa shape index (κ3) is 7.19. The Morgan fingerprint density at radius 2 is 1.87 bits per heavy atom. The van der Waals surface area contributed by atoms with Gasteiger partial charge in [0.05, 0.1) is 11.8 Å². The van der Waals surface area contributed by atoms with E-state index in [0.717, 1.165) is 5.52 Å². The molecule has 0 bridgehead atoms. The number of fused-ring (bicyclic) bond motifs is 1. The molecule has 2 N–H and O–H groups in total. The number of hydrogen-bond donors (Lipinski definition) is 2. The largest absolute Gasteiger partial charge is 0.480 e. The summed E-state index contributed by atoms with van der Waals surface area (Å²) in [4.78, 5) is 22.3. The van der Waals surface area contributed by atoms with Gasteiger partial charge in [0.25, 0.3) is 0 Å². The van der Waals surface area contributed by atoms with E-state index in [2.05, 4.69) is 27.1 Å².